The van der Waals surface area contributed by atoms with E-state index in [1.165, 1.54) is 6.08 Å². The molecule has 0 heterocycles. The number of halogens is 1. The molecule has 0 atom stereocenters. The molecule has 0 fully saturated rings. The first-order valence-electron chi connectivity index (χ1n) is 16.0. The number of hydrogen-bond donors (Lipinski definition) is 0. The van der Waals surface area contributed by atoms with Crippen LogP contribution in [0.4, 0.5) is 0 Å². The highest BCUT2D eigenvalue weighted by atomic mass is 127. The summed E-state index contributed by atoms with van der Waals surface area (Å²) < 4.78 is 25.1. The first kappa shape index (κ1) is 34.2. The van der Waals surface area contributed by atoms with E-state index in [4.69, 9.17) is 18.9 Å². The van der Waals surface area contributed by atoms with E-state index >= 15 is 0 Å². The van der Waals surface area contributed by atoms with Crippen LogP contribution in [-0.4, -0.2) is 11.8 Å². The predicted molar refractivity (Wildman–Crippen MR) is 203 cm³/mol. The third-order valence-corrected chi connectivity index (χ3v) is 8.65. The summed E-state index contributed by atoms with van der Waals surface area (Å²) in [5.74, 6) is 0.407. The second kappa shape index (κ2) is 17.1. The topological polar surface area (TPSA) is 71.1 Å². The summed E-state index contributed by atoms with van der Waals surface area (Å²) in [5, 5.41) is 0. The van der Waals surface area contributed by atoms with Gasteiger partial charge in [-0.1, -0.05) is 127 Å². The van der Waals surface area contributed by atoms with E-state index in [0.717, 1.165) is 22.3 Å². The summed E-state index contributed by atoms with van der Waals surface area (Å²) in [4.78, 5) is 27.5. The van der Waals surface area contributed by atoms with E-state index in [1.807, 2.05) is 121 Å². The van der Waals surface area contributed by atoms with Gasteiger partial charge in [0.15, 0.2) is 11.5 Å². The molecule has 0 N–H and O–H groups in total. The molecule has 50 heavy (non-hydrogen) atoms. The molecular weight excluding hydrogens is 739 g/mol. The average molecular weight is 773 g/mol. The van der Waals surface area contributed by atoms with Gasteiger partial charge in [-0.15, -0.1) is 0 Å². The molecule has 0 radical (unpaired) electrons. The maximum atomic E-state index is 14.1. The van der Waals surface area contributed by atoms with Crippen LogP contribution in [0.5, 0.6) is 23.0 Å². The Morgan fingerprint density at radius 3 is 1.62 bits per heavy atom. The van der Waals surface area contributed by atoms with Crippen LogP contribution >= 0.6 is 22.6 Å². The van der Waals surface area contributed by atoms with Gasteiger partial charge in [-0.2, -0.15) is 0 Å². The zero-order valence-corrected chi connectivity index (χ0v) is 29.2. The highest BCUT2D eigenvalue weighted by Gasteiger charge is 2.26. The van der Waals surface area contributed by atoms with Gasteiger partial charge >= 0.3 is 5.97 Å². The van der Waals surface area contributed by atoms with Crippen molar-refractivity contribution in [3.63, 3.8) is 0 Å². The molecule has 0 aliphatic carbocycles. The third kappa shape index (κ3) is 9.27. The summed E-state index contributed by atoms with van der Waals surface area (Å²) >= 11 is 2.12. The zero-order valence-electron chi connectivity index (χ0n) is 27.0. The molecule has 6 aromatic rings. The van der Waals surface area contributed by atoms with Crippen LogP contribution in [0.3, 0.4) is 0 Å². The van der Waals surface area contributed by atoms with Gasteiger partial charge in [0.2, 0.25) is 0 Å². The Bertz CT molecular complexity index is 2050. The molecule has 0 bridgehead atoms. The van der Waals surface area contributed by atoms with Crippen LogP contribution in [0.25, 0.3) is 6.08 Å². The number of rotatable bonds is 14. The number of carbonyl (C=O) groups is 2. The summed E-state index contributed by atoms with van der Waals surface area (Å²) in [6.45, 7) is 0.896. The minimum atomic E-state index is -0.612. The molecule has 0 aliphatic rings. The Morgan fingerprint density at radius 1 is 0.560 bits per heavy atom. The minimum absolute atomic E-state index is 0.0321. The molecular formula is C43H33IO6. The van der Waals surface area contributed by atoms with Crippen molar-refractivity contribution < 1.29 is 28.5 Å². The first-order valence-corrected chi connectivity index (χ1v) is 17.1. The summed E-state index contributed by atoms with van der Waals surface area (Å²) in [6, 6.07) is 47.0. The number of esters is 1. The van der Waals surface area contributed by atoms with Crippen molar-refractivity contribution in [2.45, 2.75) is 19.8 Å². The second-order valence-electron chi connectivity index (χ2n) is 11.2. The molecule has 0 saturated heterocycles. The molecule has 6 aromatic carbocycles. The molecule has 7 heteroatoms. The van der Waals surface area contributed by atoms with E-state index in [9.17, 15) is 9.59 Å². The van der Waals surface area contributed by atoms with Crippen molar-refractivity contribution in [2.75, 3.05) is 0 Å². The standard InChI is InChI=1S/C43H33IO6/c44-41-39(48-29-33-15-7-2-8-16-33)27-38(50-43(46)35-19-11-4-12-20-35)40(42(41)49-30-34-17-9-3-10-18-34)37(45)26-23-31-21-24-36(25-22-31)47-28-32-13-5-1-6-14-32/h1-27H,28-30H2/b26-23-. The van der Waals surface area contributed by atoms with Crippen molar-refractivity contribution in [2.24, 2.45) is 0 Å². The maximum Gasteiger partial charge on any atom is 0.343 e. The Kier molecular flexibility index (Phi) is 11.7. The van der Waals surface area contributed by atoms with E-state index in [1.54, 1.807) is 36.4 Å². The van der Waals surface area contributed by atoms with E-state index in [2.05, 4.69) is 22.6 Å². The molecule has 6 rings (SSSR count). The Morgan fingerprint density at radius 2 is 1.06 bits per heavy atom. The predicted octanol–water partition coefficient (Wildman–Crippen LogP) is 10.1. The fraction of sp³-hybridized carbons (Fsp3) is 0.0698. The number of ketones is 1. The van der Waals surface area contributed by atoms with Crippen LogP contribution in [0.15, 0.2) is 158 Å². The Balaban J connectivity index is 1.32. The third-order valence-electron chi connectivity index (χ3n) is 7.63. The molecule has 0 aliphatic heterocycles. The van der Waals surface area contributed by atoms with E-state index in [-0.39, 0.29) is 30.3 Å². The first-order chi connectivity index (χ1) is 24.5. The van der Waals surface area contributed by atoms with Crippen LogP contribution < -0.4 is 18.9 Å². The van der Waals surface area contributed by atoms with Gasteiger partial charge in [0.25, 0.3) is 0 Å². The van der Waals surface area contributed by atoms with Crippen LogP contribution in [0, 0.1) is 3.57 Å². The van der Waals surface area contributed by atoms with Gasteiger partial charge in [0, 0.05) is 6.07 Å². The van der Waals surface area contributed by atoms with Crippen molar-refractivity contribution in [1.82, 2.24) is 0 Å². The molecule has 0 aromatic heterocycles. The van der Waals surface area contributed by atoms with Gasteiger partial charge in [-0.25, -0.2) is 4.79 Å². The van der Waals surface area contributed by atoms with Crippen molar-refractivity contribution in [3.05, 3.63) is 195 Å². The lowest BCUT2D eigenvalue weighted by molar-refractivity contribution is 0.0732. The lowest BCUT2D eigenvalue weighted by Crippen LogP contribution is -2.14. The highest BCUT2D eigenvalue weighted by molar-refractivity contribution is 14.1. The Hall–Kier alpha value is -5.67. The fourth-order valence-electron chi connectivity index (χ4n) is 5.01. The zero-order chi connectivity index (χ0) is 34.5. The van der Waals surface area contributed by atoms with Crippen LogP contribution in [-0.2, 0) is 19.8 Å². The second-order valence-corrected chi connectivity index (χ2v) is 12.3. The smallest absolute Gasteiger partial charge is 0.343 e. The lowest BCUT2D eigenvalue weighted by atomic mass is 10.1. The number of hydrogen-bond acceptors (Lipinski definition) is 6. The van der Waals surface area contributed by atoms with E-state index in [0.29, 0.717) is 27.2 Å². The van der Waals surface area contributed by atoms with Gasteiger partial charge in [-0.3, -0.25) is 4.79 Å². The largest absolute Gasteiger partial charge is 0.489 e. The van der Waals surface area contributed by atoms with Crippen LogP contribution in [0.2, 0.25) is 0 Å². The van der Waals surface area contributed by atoms with Crippen LogP contribution in [0.1, 0.15) is 43.0 Å². The molecule has 6 nitrogen and oxygen atoms in total. The molecule has 0 spiro atoms. The van der Waals surface area contributed by atoms with Crippen molar-refractivity contribution in [1.29, 1.82) is 0 Å². The van der Waals surface area contributed by atoms with E-state index < -0.39 is 11.8 Å². The van der Waals surface area contributed by atoms with Gasteiger partial charge in [-0.05, 0) is 75.2 Å². The SMILES string of the molecule is O=C(Oc1cc(OCc2ccccc2)c(I)c(OCc2ccccc2)c1C(=O)/C=C\c1ccc(OCc2ccccc2)cc1)c1ccccc1. The highest BCUT2D eigenvalue weighted by Crippen LogP contribution is 2.42. The summed E-state index contributed by atoms with van der Waals surface area (Å²) in [7, 11) is 0. The Labute approximate surface area is 305 Å². The van der Waals surface area contributed by atoms with Gasteiger partial charge in [0.1, 0.15) is 42.6 Å². The lowest BCUT2D eigenvalue weighted by Gasteiger charge is -2.19. The monoisotopic (exact) mass is 772 g/mol. The summed E-state index contributed by atoms with van der Waals surface area (Å²) in [6.07, 6.45) is 3.16. The number of allylic oxidation sites excluding steroid dienone is 1. The summed E-state index contributed by atoms with van der Waals surface area (Å²) in [5.41, 5.74) is 4.18. The molecule has 0 saturated carbocycles. The number of ether oxygens (including phenoxy) is 4. The quantitative estimate of drug-likeness (QED) is 0.0361. The average Bonchev–Trinajstić information content (AvgIpc) is 3.17. The number of carbonyl (C=O) groups excluding carboxylic acids is 2. The molecule has 248 valence electrons. The normalized spacial score (nSPS) is 10.8. The van der Waals surface area contributed by atoms with Gasteiger partial charge in [0.05, 0.1) is 9.13 Å². The number of benzene rings is 6. The van der Waals surface area contributed by atoms with Crippen molar-refractivity contribution >= 4 is 40.4 Å². The molecule has 0 amide bonds. The molecule has 0 unspecified atom stereocenters. The van der Waals surface area contributed by atoms with Crippen molar-refractivity contribution in [3.8, 4) is 23.0 Å². The fourth-order valence-corrected chi connectivity index (χ4v) is 5.75. The maximum absolute atomic E-state index is 14.1. The van der Waals surface area contributed by atoms with Gasteiger partial charge < -0.3 is 18.9 Å². The minimum Gasteiger partial charge on any atom is -0.489 e.